The largest absolute Gasteiger partial charge is 0.463 e. The van der Waals surface area contributed by atoms with Gasteiger partial charge in [0.25, 0.3) is 0 Å². The highest BCUT2D eigenvalue weighted by atomic mass is 16.6. The summed E-state index contributed by atoms with van der Waals surface area (Å²) in [5, 5.41) is 0. The van der Waals surface area contributed by atoms with Gasteiger partial charge in [0.15, 0.2) is 0 Å². The van der Waals surface area contributed by atoms with Crippen molar-refractivity contribution in [3.8, 4) is 0 Å². The Hall–Kier alpha value is -2.37. The molecule has 0 fully saturated rings. The Morgan fingerprint density at radius 2 is 1.63 bits per heavy atom. The fourth-order valence-corrected chi connectivity index (χ4v) is 2.34. The van der Waals surface area contributed by atoms with Gasteiger partial charge >= 0.3 is 17.9 Å². The SMILES string of the molecule is CCCCCCOC(=O)C(CC(=O)OCc1ccccc1)OC(=O)CCC. The van der Waals surface area contributed by atoms with E-state index in [0.717, 1.165) is 31.2 Å². The first-order valence-electron chi connectivity index (χ1n) is 9.62. The molecule has 0 N–H and O–H groups in total. The molecule has 1 atom stereocenters. The first-order chi connectivity index (χ1) is 13.1. The molecule has 1 rings (SSSR count). The lowest BCUT2D eigenvalue weighted by Crippen LogP contribution is -2.32. The van der Waals surface area contributed by atoms with E-state index in [1.807, 2.05) is 37.3 Å². The molecule has 27 heavy (non-hydrogen) atoms. The van der Waals surface area contributed by atoms with E-state index in [4.69, 9.17) is 14.2 Å². The minimum atomic E-state index is -1.27. The van der Waals surface area contributed by atoms with E-state index in [1.54, 1.807) is 0 Å². The average molecular weight is 378 g/mol. The molecule has 6 nitrogen and oxygen atoms in total. The van der Waals surface area contributed by atoms with Gasteiger partial charge in [-0.3, -0.25) is 9.59 Å². The van der Waals surface area contributed by atoms with E-state index in [9.17, 15) is 14.4 Å². The zero-order chi connectivity index (χ0) is 19.9. The third-order valence-electron chi connectivity index (χ3n) is 3.83. The Balaban J connectivity index is 2.52. The summed E-state index contributed by atoms with van der Waals surface area (Å²) in [5.41, 5.74) is 0.837. The van der Waals surface area contributed by atoms with Crippen molar-refractivity contribution in [1.82, 2.24) is 0 Å². The van der Waals surface area contributed by atoms with Crippen LogP contribution < -0.4 is 0 Å². The van der Waals surface area contributed by atoms with Crippen LogP contribution in [0, 0.1) is 0 Å². The van der Waals surface area contributed by atoms with Crippen LogP contribution in [0.25, 0.3) is 0 Å². The van der Waals surface area contributed by atoms with Crippen molar-refractivity contribution in [2.75, 3.05) is 6.61 Å². The Morgan fingerprint density at radius 1 is 0.889 bits per heavy atom. The van der Waals surface area contributed by atoms with Gasteiger partial charge in [0.1, 0.15) is 6.61 Å². The van der Waals surface area contributed by atoms with E-state index < -0.39 is 24.0 Å². The third-order valence-corrected chi connectivity index (χ3v) is 3.83. The van der Waals surface area contributed by atoms with Crippen LogP contribution in [0.5, 0.6) is 0 Å². The molecule has 0 spiro atoms. The quantitative estimate of drug-likeness (QED) is 0.294. The predicted octanol–water partition coefficient (Wildman–Crippen LogP) is 3.96. The van der Waals surface area contributed by atoms with Gasteiger partial charge in [-0.05, 0) is 18.4 Å². The Bertz CT molecular complexity index is 569. The summed E-state index contributed by atoms with van der Waals surface area (Å²) in [7, 11) is 0. The van der Waals surface area contributed by atoms with Crippen LogP contribution in [0.2, 0.25) is 0 Å². The molecule has 0 heterocycles. The molecule has 0 amide bonds. The molecule has 0 saturated heterocycles. The normalized spacial score (nSPS) is 11.5. The van der Waals surface area contributed by atoms with Crippen molar-refractivity contribution in [2.45, 2.75) is 71.5 Å². The standard InChI is InChI=1S/C21H30O6/c1-3-5-6-10-14-25-21(24)18(27-19(22)11-4-2)15-20(23)26-16-17-12-8-7-9-13-17/h7-9,12-13,18H,3-6,10-11,14-16H2,1-2H3. The molecular formula is C21H30O6. The lowest BCUT2D eigenvalue weighted by Gasteiger charge is -2.16. The second-order valence-electron chi connectivity index (χ2n) is 6.31. The van der Waals surface area contributed by atoms with E-state index in [0.29, 0.717) is 6.42 Å². The van der Waals surface area contributed by atoms with Gasteiger partial charge in [0.05, 0.1) is 13.0 Å². The summed E-state index contributed by atoms with van der Waals surface area (Å²) in [4.78, 5) is 36.0. The maximum absolute atomic E-state index is 12.2. The van der Waals surface area contributed by atoms with Crippen molar-refractivity contribution in [2.24, 2.45) is 0 Å². The third kappa shape index (κ3) is 10.4. The molecule has 0 aliphatic carbocycles. The second-order valence-corrected chi connectivity index (χ2v) is 6.31. The van der Waals surface area contributed by atoms with Gasteiger partial charge < -0.3 is 14.2 Å². The van der Waals surface area contributed by atoms with Crippen molar-refractivity contribution >= 4 is 17.9 Å². The fraction of sp³-hybridized carbons (Fsp3) is 0.571. The molecule has 150 valence electrons. The molecule has 0 bridgehead atoms. The monoisotopic (exact) mass is 378 g/mol. The Kier molecular flexibility index (Phi) is 11.6. The van der Waals surface area contributed by atoms with Gasteiger partial charge in [-0.2, -0.15) is 0 Å². The molecule has 0 saturated carbocycles. The second kappa shape index (κ2) is 13.8. The highest BCUT2D eigenvalue weighted by Gasteiger charge is 2.28. The van der Waals surface area contributed by atoms with E-state index in [2.05, 4.69) is 6.92 Å². The first kappa shape index (κ1) is 22.7. The molecule has 0 aromatic heterocycles. The molecule has 1 unspecified atom stereocenters. The summed E-state index contributed by atoms with van der Waals surface area (Å²) in [6.07, 6.45) is 3.01. The molecule has 6 heteroatoms. The Labute approximate surface area is 161 Å². The number of rotatable bonds is 13. The Morgan fingerprint density at radius 3 is 2.30 bits per heavy atom. The lowest BCUT2D eigenvalue weighted by atomic mass is 10.2. The van der Waals surface area contributed by atoms with Crippen molar-refractivity contribution in [1.29, 1.82) is 0 Å². The van der Waals surface area contributed by atoms with Crippen LogP contribution in [0.1, 0.15) is 64.4 Å². The van der Waals surface area contributed by atoms with E-state index >= 15 is 0 Å². The van der Waals surface area contributed by atoms with Gasteiger partial charge in [0.2, 0.25) is 6.10 Å². The first-order valence-corrected chi connectivity index (χ1v) is 9.62. The predicted molar refractivity (Wildman–Crippen MR) is 101 cm³/mol. The average Bonchev–Trinajstić information content (AvgIpc) is 2.66. The van der Waals surface area contributed by atoms with Gasteiger partial charge in [0, 0.05) is 6.42 Å². The maximum atomic E-state index is 12.2. The highest BCUT2D eigenvalue weighted by molar-refractivity contribution is 5.84. The van der Waals surface area contributed by atoms with Crippen molar-refractivity contribution < 1.29 is 28.6 Å². The molecule has 1 aromatic rings. The van der Waals surface area contributed by atoms with Crippen LogP contribution in [0.15, 0.2) is 30.3 Å². The smallest absolute Gasteiger partial charge is 0.348 e. The van der Waals surface area contributed by atoms with E-state index in [-0.39, 0.29) is 26.1 Å². The number of carbonyl (C=O) groups excluding carboxylic acids is 3. The van der Waals surface area contributed by atoms with Crippen LogP contribution >= 0.6 is 0 Å². The summed E-state index contributed by atoms with van der Waals surface area (Å²) in [6.45, 7) is 4.27. The number of benzene rings is 1. The molecule has 0 aliphatic heterocycles. The highest BCUT2D eigenvalue weighted by Crippen LogP contribution is 2.09. The van der Waals surface area contributed by atoms with E-state index in [1.165, 1.54) is 0 Å². The van der Waals surface area contributed by atoms with Crippen LogP contribution in [0.4, 0.5) is 0 Å². The van der Waals surface area contributed by atoms with Gasteiger partial charge in [-0.15, -0.1) is 0 Å². The minimum Gasteiger partial charge on any atom is -0.463 e. The number of unbranched alkanes of at least 4 members (excludes halogenated alkanes) is 3. The summed E-state index contributed by atoms with van der Waals surface area (Å²) < 4.78 is 15.5. The zero-order valence-corrected chi connectivity index (χ0v) is 16.3. The summed E-state index contributed by atoms with van der Waals surface area (Å²) in [6, 6.07) is 9.21. The van der Waals surface area contributed by atoms with Crippen LogP contribution in [-0.2, 0) is 35.2 Å². The minimum absolute atomic E-state index is 0.0986. The van der Waals surface area contributed by atoms with Crippen molar-refractivity contribution in [3.63, 3.8) is 0 Å². The number of hydrogen-bond acceptors (Lipinski definition) is 6. The van der Waals surface area contributed by atoms with Gasteiger partial charge in [-0.25, -0.2) is 4.79 Å². The van der Waals surface area contributed by atoms with Crippen LogP contribution in [-0.4, -0.2) is 30.6 Å². The van der Waals surface area contributed by atoms with Gasteiger partial charge in [-0.1, -0.05) is 63.4 Å². The number of ether oxygens (including phenoxy) is 3. The molecular weight excluding hydrogens is 348 g/mol. The summed E-state index contributed by atoms with van der Waals surface area (Å²) >= 11 is 0. The fourth-order valence-electron chi connectivity index (χ4n) is 2.34. The van der Waals surface area contributed by atoms with Crippen LogP contribution in [0.3, 0.4) is 0 Å². The zero-order valence-electron chi connectivity index (χ0n) is 16.3. The van der Waals surface area contributed by atoms with Crippen molar-refractivity contribution in [3.05, 3.63) is 35.9 Å². The number of hydrogen-bond donors (Lipinski definition) is 0. The topological polar surface area (TPSA) is 78.9 Å². The number of carbonyl (C=O) groups is 3. The molecule has 1 aromatic carbocycles. The number of esters is 3. The molecule has 0 radical (unpaired) electrons. The lowest BCUT2D eigenvalue weighted by molar-refractivity contribution is -0.172. The maximum Gasteiger partial charge on any atom is 0.348 e. The summed E-state index contributed by atoms with van der Waals surface area (Å²) in [5.74, 6) is -1.84. The molecule has 0 aliphatic rings.